The number of benzene rings is 2. The summed E-state index contributed by atoms with van der Waals surface area (Å²) in [6.07, 6.45) is 0.450. The van der Waals surface area contributed by atoms with Gasteiger partial charge in [-0.2, -0.15) is 0 Å². The first-order valence-electron chi connectivity index (χ1n) is 7.49. The highest BCUT2D eigenvalue weighted by Crippen LogP contribution is 2.18. The molecule has 122 valence electrons. The van der Waals surface area contributed by atoms with Crippen molar-refractivity contribution in [3.8, 4) is 0 Å². The van der Waals surface area contributed by atoms with Crippen LogP contribution in [0.2, 0.25) is 0 Å². The molecule has 1 N–H and O–H groups in total. The highest BCUT2D eigenvalue weighted by atomic mass is 32.2. The van der Waals surface area contributed by atoms with Gasteiger partial charge in [0.2, 0.25) is 0 Å². The van der Waals surface area contributed by atoms with Gasteiger partial charge >= 0.3 is 0 Å². The third kappa shape index (κ3) is 4.29. The molecule has 3 rings (SSSR count). The number of nitrogens with zero attached hydrogens (tertiary/aromatic N) is 2. The predicted octanol–water partition coefficient (Wildman–Crippen LogP) is 3.50. The average molecular weight is 341 g/mol. The number of aromatic amines is 1. The normalized spacial score (nSPS) is 10.8. The summed E-state index contributed by atoms with van der Waals surface area (Å²) in [5.74, 6) is 0.319. The van der Waals surface area contributed by atoms with E-state index in [1.165, 1.54) is 29.5 Å². The Balaban J connectivity index is 1.66. The fourth-order valence-corrected chi connectivity index (χ4v) is 2.92. The second kappa shape index (κ2) is 7.40. The van der Waals surface area contributed by atoms with Crippen molar-refractivity contribution < 1.29 is 4.39 Å². The Labute approximate surface area is 143 Å². The van der Waals surface area contributed by atoms with Gasteiger partial charge in [-0.25, -0.2) is 4.39 Å². The van der Waals surface area contributed by atoms with Crippen molar-refractivity contribution in [2.45, 2.75) is 24.3 Å². The molecular formula is C18H16FN3OS. The monoisotopic (exact) mass is 341 g/mol. The smallest absolute Gasteiger partial charge is 0.273 e. The first kappa shape index (κ1) is 16.4. The molecule has 1 aromatic heterocycles. The van der Waals surface area contributed by atoms with Crippen molar-refractivity contribution in [1.82, 2.24) is 15.2 Å². The molecular weight excluding hydrogens is 325 g/mol. The van der Waals surface area contributed by atoms with Crippen molar-refractivity contribution in [1.29, 1.82) is 0 Å². The molecule has 6 heteroatoms. The zero-order chi connectivity index (χ0) is 16.9. The summed E-state index contributed by atoms with van der Waals surface area (Å²) in [6, 6.07) is 14.2. The topological polar surface area (TPSA) is 58.6 Å². The third-order valence-corrected chi connectivity index (χ3v) is 4.46. The van der Waals surface area contributed by atoms with Crippen LogP contribution in [-0.2, 0) is 12.2 Å². The first-order chi connectivity index (χ1) is 11.6. The van der Waals surface area contributed by atoms with Crippen molar-refractivity contribution in [3.63, 3.8) is 0 Å². The molecule has 3 aromatic rings. The molecule has 0 saturated carbocycles. The Kier molecular flexibility index (Phi) is 5.05. The molecule has 0 aliphatic carbocycles. The maximum atomic E-state index is 12.9. The minimum atomic E-state index is -0.266. The summed E-state index contributed by atoms with van der Waals surface area (Å²) in [4.78, 5) is 14.9. The fourth-order valence-electron chi connectivity index (χ4n) is 2.16. The van der Waals surface area contributed by atoms with Crippen LogP contribution in [0.15, 0.2) is 58.5 Å². The lowest BCUT2D eigenvalue weighted by atomic mass is 10.1. The second-order valence-electron chi connectivity index (χ2n) is 5.48. The van der Waals surface area contributed by atoms with Crippen LogP contribution in [0, 0.1) is 12.7 Å². The van der Waals surface area contributed by atoms with Crippen LogP contribution in [0.5, 0.6) is 0 Å². The number of hydrogen-bond acceptors (Lipinski definition) is 4. The van der Waals surface area contributed by atoms with E-state index in [1.54, 1.807) is 12.1 Å². The zero-order valence-electron chi connectivity index (χ0n) is 13.1. The van der Waals surface area contributed by atoms with Crippen LogP contribution in [0.4, 0.5) is 4.39 Å². The van der Waals surface area contributed by atoms with Gasteiger partial charge in [0.25, 0.3) is 5.56 Å². The minimum Gasteiger partial charge on any atom is -0.298 e. The van der Waals surface area contributed by atoms with Crippen LogP contribution >= 0.6 is 11.8 Å². The molecule has 2 aromatic carbocycles. The van der Waals surface area contributed by atoms with Crippen molar-refractivity contribution >= 4 is 11.8 Å². The number of H-pyrrole nitrogens is 1. The number of halogens is 1. The molecule has 0 amide bonds. The Hall–Kier alpha value is -2.47. The quantitative estimate of drug-likeness (QED) is 0.722. The zero-order valence-corrected chi connectivity index (χ0v) is 13.9. The van der Waals surface area contributed by atoms with Gasteiger partial charge in [0.05, 0.1) is 0 Å². The molecule has 0 bridgehead atoms. The maximum absolute atomic E-state index is 12.9. The largest absolute Gasteiger partial charge is 0.298 e. The van der Waals surface area contributed by atoms with E-state index in [-0.39, 0.29) is 11.4 Å². The third-order valence-electron chi connectivity index (χ3n) is 3.53. The summed E-state index contributed by atoms with van der Waals surface area (Å²) >= 11 is 1.36. The molecule has 0 unspecified atom stereocenters. The van der Waals surface area contributed by atoms with Crippen LogP contribution in [0.25, 0.3) is 0 Å². The molecule has 0 fully saturated rings. The first-order valence-corrected chi connectivity index (χ1v) is 8.47. The highest BCUT2D eigenvalue weighted by Gasteiger charge is 2.07. The van der Waals surface area contributed by atoms with Crippen molar-refractivity contribution in [2.75, 3.05) is 0 Å². The summed E-state index contributed by atoms with van der Waals surface area (Å²) in [5, 5.41) is 8.57. The fraction of sp³-hybridized carbons (Fsp3) is 0.167. The van der Waals surface area contributed by atoms with E-state index >= 15 is 0 Å². The summed E-state index contributed by atoms with van der Waals surface area (Å²) in [6.45, 7) is 2.02. The van der Waals surface area contributed by atoms with Gasteiger partial charge in [0.1, 0.15) is 11.5 Å². The Morgan fingerprint density at radius 3 is 2.33 bits per heavy atom. The minimum absolute atomic E-state index is 0.229. The van der Waals surface area contributed by atoms with E-state index in [1.807, 2.05) is 31.2 Å². The van der Waals surface area contributed by atoms with Gasteiger partial charge in [-0.15, -0.1) is 10.2 Å². The van der Waals surface area contributed by atoms with E-state index < -0.39 is 0 Å². The molecule has 1 heterocycles. The maximum Gasteiger partial charge on any atom is 0.273 e. The Morgan fingerprint density at radius 1 is 1.00 bits per heavy atom. The molecule has 0 atom stereocenters. The van der Waals surface area contributed by atoms with Crippen molar-refractivity contribution in [3.05, 3.63) is 87.1 Å². The van der Waals surface area contributed by atoms with Crippen LogP contribution < -0.4 is 5.56 Å². The van der Waals surface area contributed by atoms with E-state index in [4.69, 9.17) is 0 Å². The molecule has 0 radical (unpaired) electrons. The average Bonchev–Trinajstić information content (AvgIpc) is 2.58. The molecule has 0 spiro atoms. The summed E-state index contributed by atoms with van der Waals surface area (Å²) in [5.41, 5.74) is 3.31. The van der Waals surface area contributed by atoms with Crippen molar-refractivity contribution in [2.24, 2.45) is 0 Å². The Morgan fingerprint density at radius 2 is 1.67 bits per heavy atom. The lowest BCUT2D eigenvalue weighted by Crippen LogP contribution is -2.17. The lowest BCUT2D eigenvalue weighted by molar-refractivity contribution is 0.627. The van der Waals surface area contributed by atoms with Gasteiger partial charge in [0, 0.05) is 12.2 Å². The standard InChI is InChI=1S/C18H16FN3OS/c1-12-2-4-13(5-3-12)10-16-17(23)20-18(22-21-16)24-11-14-6-8-15(19)9-7-14/h2-9H,10-11H2,1H3,(H,20,22,23). The van der Waals surface area contributed by atoms with Gasteiger partial charge in [-0.3, -0.25) is 9.78 Å². The molecule has 0 aliphatic heterocycles. The summed E-state index contributed by atoms with van der Waals surface area (Å²) < 4.78 is 12.9. The molecule has 24 heavy (non-hydrogen) atoms. The lowest BCUT2D eigenvalue weighted by Gasteiger charge is -2.03. The number of hydrogen-bond donors (Lipinski definition) is 1. The van der Waals surface area contributed by atoms with E-state index in [9.17, 15) is 9.18 Å². The molecule has 4 nitrogen and oxygen atoms in total. The second-order valence-corrected chi connectivity index (χ2v) is 6.45. The molecule has 0 aliphatic rings. The number of aryl methyl sites for hydroxylation is 1. The summed E-state index contributed by atoms with van der Waals surface area (Å²) in [7, 11) is 0. The predicted molar refractivity (Wildman–Crippen MR) is 92.6 cm³/mol. The van der Waals surface area contributed by atoms with Crippen LogP contribution in [0.1, 0.15) is 22.4 Å². The van der Waals surface area contributed by atoms with Crippen LogP contribution in [-0.4, -0.2) is 15.2 Å². The van der Waals surface area contributed by atoms with Crippen LogP contribution in [0.3, 0.4) is 0 Å². The van der Waals surface area contributed by atoms with E-state index in [0.29, 0.717) is 23.0 Å². The van der Waals surface area contributed by atoms with Gasteiger partial charge in [-0.05, 0) is 30.2 Å². The van der Waals surface area contributed by atoms with Gasteiger partial charge < -0.3 is 0 Å². The Bertz CT molecular complexity index is 876. The number of rotatable bonds is 5. The number of nitrogens with one attached hydrogen (secondary N) is 1. The van der Waals surface area contributed by atoms with Gasteiger partial charge in [-0.1, -0.05) is 53.7 Å². The van der Waals surface area contributed by atoms with E-state index in [0.717, 1.165) is 11.1 Å². The highest BCUT2D eigenvalue weighted by molar-refractivity contribution is 7.98. The molecule has 0 saturated heterocycles. The number of aromatic nitrogens is 3. The van der Waals surface area contributed by atoms with E-state index in [2.05, 4.69) is 15.2 Å². The number of thioether (sulfide) groups is 1. The SMILES string of the molecule is Cc1ccc(Cc2nnc(SCc3ccc(F)cc3)[nH]c2=O)cc1. The van der Waals surface area contributed by atoms with Gasteiger partial charge in [0.15, 0.2) is 5.16 Å².